The third-order valence-electron chi connectivity index (χ3n) is 1.28. The van der Waals surface area contributed by atoms with E-state index in [0.717, 1.165) is 12.8 Å². The van der Waals surface area contributed by atoms with Crippen molar-refractivity contribution in [1.29, 1.82) is 0 Å². The predicted molar refractivity (Wildman–Crippen MR) is 51.1 cm³/mol. The van der Waals surface area contributed by atoms with Crippen molar-refractivity contribution >= 4 is 0 Å². The van der Waals surface area contributed by atoms with Crippen molar-refractivity contribution in [2.24, 2.45) is 0 Å². The third kappa shape index (κ3) is 9.40. The fourth-order valence-corrected chi connectivity index (χ4v) is 0.707. The highest BCUT2D eigenvalue weighted by molar-refractivity contribution is 5.01. The van der Waals surface area contributed by atoms with E-state index in [0.29, 0.717) is 13.2 Å². The number of ether oxygens (including phenoxy) is 1. The number of allylic oxidation sites excluding steroid dienone is 3. The molecule has 70 valence electrons. The second-order valence-corrected chi connectivity index (χ2v) is 2.39. The molecule has 0 aliphatic rings. The van der Waals surface area contributed by atoms with Gasteiger partial charge in [0.15, 0.2) is 0 Å². The van der Waals surface area contributed by atoms with Gasteiger partial charge in [-0.1, -0.05) is 31.2 Å². The minimum Gasteiger partial charge on any atom is -0.394 e. The molecule has 0 bridgehead atoms. The van der Waals surface area contributed by atoms with Crippen LogP contribution in [0.15, 0.2) is 24.3 Å². The molecular formula is C10H18O2. The van der Waals surface area contributed by atoms with Gasteiger partial charge in [-0.25, -0.2) is 0 Å². The van der Waals surface area contributed by atoms with Gasteiger partial charge in [0.1, 0.15) is 0 Å². The van der Waals surface area contributed by atoms with Gasteiger partial charge in [0, 0.05) is 0 Å². The zero-order valence-corrected chi connectivity index (χ0v) is 7.70. The van der Waals surface area contributed by atoms with Crippen LogP contribution in [-0.4, -0.2) is 24.9 Å². The molecule has 0 spiro atoms. The maximum absolute atomic E-state index is 8.38. The molecule has 0 aliphatic carbocycles. The van der Waals surface area contributed by atoms with E-state index in [1.165, 1.54) is 0 Å². The SMILES string of the molecule is CCC=CC=CCCOCCO. The van der Waals surface area contributed by atoms with E-state index in [2.05, 4.69) is 19.1 Å². The van der Waals surface area contributed by atoms with Crippen LogP contribution in [-0.2, 0) is 4.74 Å². The van der Waals surface area contributed by atoms with Crippen molar-refractivity contribution in [3.05, 3.63) is 24.3 Å². The summed E-state index contributed by atoms with van der Waals surface area (Å²) in [4.78, 5) is 0. The van der Waals surface area contributed by atoms with E-state index in [4.69, 9.17) is 9.84 Å². The van der Waals surface area contributed by atoms with Gasteiger partial charge >= 0.3 is 0 Å². The maximum Gasteiger partial charge on any atom is 0.0697 e. The Hall–Kier alpha value is -0.600. The second-order valence-electron chi connectivity index (χ2n) is 2.39. The van der Waals surface area contributed by atoms with Gasteiger partial charge in [-0.05, 0) is 12.8 Å². The lowest BCUT2D eigenvalue weighted by Gasteiger charge is -1.96. The summed E-state index contributed by atoms with van der Waals surface area (Å²) in [6, 6.07) is 0. The first-order valence-corrected chi connectivity index (χ1v) is 4.42. The molecule has 0 rings (SSSR count). The molecule has 2 nitrogen and oxygen atoms in total. The van der Waals surface area contributed by atoms with Crippen LogP contribution in [0, 0.1) is 0 Å². The fourth-order valence-electron chi connectivity index (χ4n) is 0.707. The summed E-state index contributed by atoms with van der Waals surface area (Å²) in [6.45, 7) is 3.35. The summed E-state index contributed by atoms with van der Waals surface area (Å²) in [5.74, 6) is 0. The van der Waals surface area contributed by atoms with Crippen molar-refractivity contribution < 1.29 is 9.84 Å². The molecular weight excluding hydrogens is 152 g/mol. The van der Waals surface area contributed by atoms with E-state index in [9.17, 15) is 0 Å². The normalized spacial score (nSPS) is 11.8. The molecule has 0 aliphatic heterocycles. The lowest BCUT2D eigenvalue weighted by Crippen LogP contribution is -1.99. The Bertz CT molecular complexity index is 128. The average molecular weight is 170 g/mol. The number of hydrogen-bond donors (Lipinski definition) is 1. The molecule has 0 radical (unpaired) electrons. The molecule has 0 saturated carbocycles. The Kier molecular flexibility index (Phi) is 9.88. The Balaban J connectivity index is 3.07. The summed E-state index contributed by atoms with van der Waals surface area (Å²) < 4.78 is 5.06. The van der Waals surface area contributed by atoms with Crippen LogP contribution in [0.3, 0.4) is 0 Å². The van der Waals surface area contributed by atoms with Crippen LogP contribution in [0.5, 0.6) is 0 Å². The molecule has 0 saturated heterocycles. The Morgan fingerprint density at radius 2 is 1.92 bits per heavy atom. The van der Waals surface area contributed by atoms with E-state index in [1.807, 2.05) is 12.2 Å². The standard InChI is InChI=1S/C10H18O2/c1-2-3-4-5-6-7-9-12-10-8-11/h3-6,11H,2,7-10H2,1H3. The van der Waals surface area contributed by atoms with E-state index in [-0.39, 0.29) is 6.61 Å². The topological polar surface area (TPSA) is 29.5 Å². The number of aliphatic hydroxyl groups excluding tert-OH is 1. The maximum atomic E-state index is 8.38. The zero-order chi connectivity index (χ0) is 9.07. The average Bonchev–Trinajstić information content (AvgIpc) is 2.10. The van der Waals surface area contributed by atoms with Gasteiger partial charge in [0.05, 0.1) is 19.8 Å². The highest BCUT2D eigenvalue weighted by Crippen LogP contribution is 1.87. The van der Waals surface area contributed by atoms with Crippen LogP contribution >= 0.6 is 0 Å². The molecule has 0 unspecified atom stereocenters. The second kappa shape index (κ2) is 10.4. The van der Waals surface area contributed by atoms with Crippen LogP contribution < -0.4 is 0 Å². The minimum atomic E-state index is 0.111. The Labute approximate surface area is 74.6 Å². The van der Waals surface area contributed by atoms with Crippen LogP contribution in [0.1, 0.15) is 19.8 Å². The first-order valence-electron chi connectivity index (χ1n) is 4.42. The Morgan fingerprint density at radius 3 is 2.58 bits per heavy atom. The summed E-state index contributed by atoms with van der Waals surface area (Å²) in [7, 11) is 0. The Morgan fingerprint density at radius 1 is 1.17 bits per heavy atom. The highest BCUT2D eigenvalue weighted by atomic mass is 16.5. The number of aliphatic hydroxyl groups is 1. The number of hydrogen-bond acceptors (Lipinski definition) is 2. The molecule has 0 heterocycles. The summed E-state index contributed by atoms with van der Waals surface area (Å²) in [6.07, 6.45) is 10.2. The molecule has 2 heteroatoms. The van der Waals surface area contributed by atoms with Gasteiger partial charge in [-0.3, -0.25) is 0 Å². The van der Waals surface area contributed by atoms with Gasteiger partial charge in [0.2, 0.25) is 0 Å². The van der Waals surface area contributed by atoms with Crippen LogP contribution in [0.25, 0.3) is 0 Å². The van der Waals surface area contributed by atoms with Crippen LogP contribution in [0.2, 0.25) is 0 Å². The van der Waals surface area contributed by atoms with E-state index < -0.39 is 0 Å². The van der Waals surface area contributed by atoms with Gasteiger partial charge < -0.3 is 9.84 Å². The minimum absolute atomic E-state index is 0.111. The van der Waals surface area contributed by atoms with Gasteiger partial charge in [0.25, 0.3) is 0 Å². The lowest BCUT2D eigenvalue weighted by atomic mass is 10.3. The quantitative estimate of drug-likeness (QED) is 0.467. The molecule has 0 atom stereocenters. The molecule has 0 amide bonds. The van der Waals surface area contributed by atoms with Crippen molar-refractivity contribution in [2.45, 2.75) is 19.8 Å². The highest BCUT2D eigenvalue weighted by Gasteiger charge is 1.81. The summed E-state index contributed by atoms with van der Waals surface area (Å²) >= 11 is 0. The van der Waals surface area contributed by atoms with E-state index in [1.54, 1.807) is 0 Å². The van der Waals surface area contributed by atoms with E-state index >= 15 is 0 Å². The predicted octanol–water partition coefficient (Wildman–Crippen LogP) is 1.91. The largest absolute Gasteiger partial charge is 0.394 e. The van der Waals surface area contributed by atoms with Crippen molar-refractivity contribution in [3.8, 4) is 0 Å². The first-order chi connectivity index (χ1) is 5.91. The van der Waals surface area contributed by atoms with Gasteiger partial charge in [-0.2, -0.15) is 0 Å². The number of rotatable bonds is 7. The molecule has 12 heavy (non-hydrogen) atoms. The lowest BCUT2D eigenvalue weighted by molar-refractivity contribution is 0.0955. The fraction of sp³-hybridized carbons (Fsp3) is 0.600. The monoisotopic (exact) mass is 170 g/mol. The summed E-state index contributed by atoms with van der Waals surface area (Å²) in [5, 5.41) is 8.38. The van der Waals surface area contributed by atoms with Crippen molar-refractivity contribution in [3.63, 3.8) is 0 Å². The third-order valence-corrected chi connectivity index (χ3v) is 1.28. The molecule has 0 fully saturated rings. The van der Waals surface area contributed by atoms with Crippen molar-refractivity contribution in [2.75, 3.05) is 19.8 Å². The smallest absolute Gasteiger partial charge is 0.0697 e. The molecule has 0 aromatic heterocycles. The first kappa shape index (κ1) is 11.4. The molecule has 1 N–H and O–H groups in total. The molecule has 0 aromatic rings. The van der Waals surface area contributed by atoms with Gasteiger partial charge in [-0.15, -0.1) is 0 Å². The zero-order valence-electron chi connectivity index (χ0n) is 7.70. The molecule has 0 aromatic carbocycles. The van der Waals surface area contributed by atoms with Crippen molar-refractivity contribution in [1.82, 2.24) is 0 Å². The van der Waals surface area contributed by atoms with Crippen LogP contribution in [0.4, 0.5) is 0 Å². The summed E-state index contributed by atoms with van der Waals surface area (Å²) in [5.41, 5.74) is 0.